The number of nitrogen functional groups attached to an aromatic ring is 1. The molecule has 0 unspecified atom stereocenters. The highest BCUT2D eigenvalue weighted by Crippen LogP contribution is 2.28. The molecule has 2 aromatic carbocycles. The second-order valence-electron chi connectivity index (χ2n) is 4.37. The summed E-state index contributed by atoms with van der Waals surface area (Å²) in [6.07, 6.45) is 0. The van der Waals surface area contributed by atoms with Crippen LogP contribution < -0.4 is 10.5 Å². The van der Waals surface area contributed by atoms with E-state index in [0.29, 0.717) is 10.0 Å². The van der Waals surface area contributed by atoms with Crippen molar-refractivity contribution in [2.45, 2.75) is 11.8 Å². The van der Waals surface area contributed by atoms with E-state index in [1.54, 1.807) is 13.0 Å². The summed E-state index contributed by atoms with van der Waals surface area (Å²) in [5.41, 5.74) is 6.56. The number of rotatable bonds is 3. The first kappa shape index (κ1) is 16.3. The highest BCUT2D eigenvalue weighted by Gasteiger charge is 2.19. The van der Waals surface area contributed by atoms with Crippen LogP contribution in [-0.4, -0.2) is 8.42 Å². The summed E-state index contributed by atoms with van der Waals surface area (Å²) in [5.74, 6) is -0.555. The van der Waals surface area contributed by atoms with E-state index >= 15 is 0 Å². The minimum atomic E-state index is -3.91. The summed E-state index contributed by atoms with van der Waals surface area (Å²) in [6, 6.07) is 7.12. The first-order chi connectivity index (χ1) is 9.70. The highest BCUT2D eigenvalue weighted by atomic mass is 79.9. The van der Waals surface area contributed by atoms with Crippen LogP contribution in [0.1, 0.15) is 5.56 Å². The van der Waals surface area contributed by atoms with Gasteiger partial charge in [-0.3, -0.25) is 4.72 Å². The van der Waals surface area contributed by atoms with E-state index in [4.69, 9.17) is 5.73 Å². The number of hydrogen-bond acceptors (Lipinski definition) is 3. The molecule has 3 N–H and O–H groups in total. The van der Waals surface area contributed by atoms with Crippen LogP contribution in [0.3, 0.4) is 0 Å². The minimum absolute atomic E-state index is 0.0698. The third kappa shape index (κ3) is 3.56. The van der Waals surface area contributed by atoms with Crippen LogP contribution in [-0.2, 0) is 10.0 Å². The van der Waals surface area contributed by atoms with E-state index in [1.165, 1.54) is 18.2 Å². The average Bonchev–Trinajstić information content (AvgIpc) is 2.38. The van der Waals surface area contributed by atoms with Gasteiger partial charge in [-0.15, -0.1) is 0 Å². The molecule has 0 amide bonds. The molecular formula is C13H11Br2FN2O2S. The standard InChI is InChI=1S/C13H11Br2FN2O2S/c1-7-4-9(15)10(16)6-12(7)18-21(19,20)13-5-8(14)2-3-11(13)17/h2-6,18H,17H2,1H3. The Bertz CT molecular complexity index is 810. The van der Waals surface area contributed by atoms with Gasteiger partial charge in [-0.25, -0.2) is 12.8 Å². The first-order valence-electron chi connectivity index (χ1n) is 5.74. The average molecular weight is 438 g/mol. The van der Waals surface area contributed by atoms with E-state index in [0.717, 1.165) is 6.07 Å². The van der Waals surface area contributed by atoms with Crippen molar-refractivity contribution in [1.29, 1.82) is 0 Å². The number of anilines is 2. The van der Waals surface area contributed by atoms with Crippen molar-refractivity contribution in [2.24, 2.45) is 0 Å². The third-order valence-electron chi connectivity index (χ3n) is 2.78. The summed E-state index contributed by atoms with van der Waals surface area (Å²) < 4.78 is 41.5. The maximum atomic E-state index is 13.6. The number of nitrogens with one attached hydrogen (secondary N) is 1. The minimum Gasteiger partial charge on any atom is -0.398 e. The molecule has 0 saturated carbocycles. The van der Waals surface area contributed by atoms with Crippen LogP contribution in [0.25, 0.3) is 0 Å². The molecule has 2 aromatic rings. The normalized spacial score (nSPS) is 11.4. The molecule has 21 heavy (non-hydrogen) atoms. The molecule has 0 atom stereocenters. The van der Waals surface area contributed by atoms with Gasteiger partial charge in [0.2, 0.25) is 0 Å². The molecular weight excluding hydrogens is 427 g/mol. The zero-order valence-corrected chi connectivity index (χ0v) is 14.8. The molecule has 0 fully saturated rings. The van der Waals surface area contributed by atoms with Crippen molar-refractivity contribution < 1.29 is 12.8 Å². The van der Waals surface area contributed by atoms with Crippen LogP contribution in [0.5, 0.6) is 0 Å². The molecule has 0 heterocycles. The van der Waals surface area contributed by atoms with Gasteiger partial charge in [0.25, 0.3) is 10.0 Å². The molecule has 4 nitrogen and oxygen atoms in total. The van der Waals surface area contributed by atoms with Gasteiger partial charge < -0.3 is 5.73 Å². The second-order valence-corrected chi connectivity index (χ2v) is 7.79. The zero-order valence-electron chi connectivity index (χ0n) is 10.8. The van der Waals surface area contributed by atoms with Crippen molar-refractivity contribution in [3.63, 3.8) is 0 Å². The van der Waals surface area contributed by atoms with Crippen molar-refractivity contribution in [3.05, 3.63) is 50.7 Å². The predicted molar refractivity (Wildman–Crippen MR) is 88.2 cm³/mol. The number of sulfonamides is 1. The van der Waals surface area contributed by atoms with E-state index in [-0.39, 0.29) is 20.7 Å². The van der Waals surface area contributed by atoms with Crippen molar-refractivity contribution in [3.8, 4) is 0 Å². The maximum Gasteiger partial charge on any atom is 0.263 e. The summed E-state index contributed by atoms with van der Waals surface area (Å²) in [6.45, 7) is 1.67. The Morgan fingerprint density at radius 3 is 2.52 bits per heavy atom. The number of halogens is 3. The number of hydrogen-bond donors (Lipinski definition) is 2. The molecule has 8 heteroatoms. The Labute approximate surface area is 138 Å². The number of benzene rings is 2. The molecule has 0 radical (unpaired) electrons. The maximum absolute atomic E-state index is 13.6. The van der Waals surface area contributed by atoms with E-state index in [2.05, 4.69) is 36.6 Å². The lowest BCUT2D eigenvalue weighted by Gasteiger charge is -2.13. The summed E-state index contributed by atoms with van der Waals surface area (Å²) in [4.78, 5) is -0.0698. The zero-order chi connectivity index (χ0) is 15.8. The van der Waals surface area contributed by atoms with E-state index in [9.17, 15) is 12.8 Å². The largest absolute Gasteiger partial charge is 0.398 e. The predicted octanol–water partition coefficient (Wildman–Crippen LogP) is 4.04. The molecule has 0 aliphatic rings. The smallest absolute Gasteiger partial charge is 0.263 e. The molecule has 0 spiro atoms. The topological polar surface area (TPSA) is 72.2 Å². The van der Waals surface area contributed by atoms with Crippen molar-refractivity contribution in [2.75, 3.05) is 10.5 Å². The van der Waals surface area contributed by atoms with Gasteiger partial charge in [0.1, 0.15) is 10.7 Å². The molecule has 0 saturated heterocycles. The Hall–Kier alpha value is -1.12. The van der Waals surface area contributed by atoms with Gasteiger partial charge in [-0.1, -0.05) is 15.9 Å². The fourth-order valence-corrected chi connectivity index (χ4v) is 3.95. The molecule has 0 aliphatic heterocycles. The van der Waals surface area contributed by atoms with Gasteiger partial charge >= 0.3 is 0 Å². The van der Waals surface area contributed by atoms with E-state index < -0.39 is 15.8 Å². The third-order valence-corrected chi connectivity index (χ3v) is 5.30. The van der Waals surface area contributed by atoms with Gasteiger partial charge in [-0.2, -0.15) is 0 Å². The van der Waals surface area contributed by atoms with Crippen molar-refractivity contribution in [1.82, 2.24) is 0 Å². The Morgan fingerprint density at radius 1 is 1.19 bits per heavy atom. The van der Waals surface area contributed by atoms with Crippen LogP contribution in [0.4, 0.5) is 15.8 Å². The van der Waals surface area contributed by atoms with Crippen LogP contribution in [0, 0.1) is 12.7 Å². The second kappa shape index (κ2) is 5.94. The molecule has 0 aliphatic carbocycles. The molecule has 112 valence electrons. The lowest BCUT2D eigenvalue weighted by molar-refractivity contribution is 0.601. The molecule has 0 bridgehead atoms. The van der Waals surface area contributed by atoms with Crippen LogP contribution in [0.15, 0.2) is 44.2 Å². The Morgan fingerprint density at radius 2 is 1.86 bits per heavy atom. The SMILES string of the molecule is Cc1cc(Br)c(F)cc1NS(=O)(=O)c1cc(Br)ccc1N. The summed E-state index contributed by atoms with van der Waals surface area (Å²) >= 11 is 6.24. The quantitative estimate of drug-likeness (QED) is 0.711. The number of nitrogens with two attached hydrogens (primary N) is 1. The fourth-order valence-electron chi connectivity index (χ4n) is 1.70. The van der Waals surface area contributed by atoms with Gasteiger partial charge in [0, 0.05) is 4.47 Å². The van der Waals surface area contributed by atoms with Gasteiger partial charge in [-0.05, 0) is 58.7 Å². The Kier molecular flexibility index (Phi) is 4.60. The Balaban J connectivity index is 2.47. The molecule has 2 rings (SSSR count). The van der Waals surface area contributed by atoms with E-state index in [1.807, 2.05) is 0 Å². The summed E-state index contributed by atoms with van der Waals surface area (Å²) in [7, 11) is -3.91. The van der Waals surface area contributed by atoms with Crippen molar-refractivity contribution >= 4 is 53.3 Å². The van der Waals surface area contributed by atoms with Gasteiger partial charge in [0.15, 0.2) is 0 Å². The lowest BCUT2D eigenvalue weighted by atomic mass is 10.2. The van der Waals surface area contributed by atoms with Gasteiger partial charge in [0.05, 0.1) is 15.8 Å². The summed E-state index contributed by atoms with van der Waals surface area (Å²) in [5, 5.41) is 0. The first-order valence-corrected chi connectivity index (χ1v) is 8.81. The monoisotopic (exact) mass is 436 g/mol. The lowest BCUT2D eigenvalue weighted by Crippen LogP contribution is -2.15. The number of aryl methyl sites for hydroxylation is 1. The van der Waals surface area contributed by atoms with Crippen LogP contribution in [0.2, 0.25) is 0 Å². The fraction of sp³-hybridized carbons (Fsp3) is 0.0769. The molecule has 0 aromatic heterocycles. The van der Waals surface area contributed by atoms with Crippen LogP contribution >= 0.6 is 31.9 Å². The highest BCUT2D eigenvalue weighted by molar-refractivity contribution is 9.10.